The number of hydrogen-bond donors (Lipinski definition) is 2. The SMILES string of the molecule is CC(Cc1ccc2nccnc2c1)NCCCc1ccc(S(N)(=O)=O)cc1. The summed E-state index contributed by atoms with van der Waals surface area (Å²) in [6.07, 6.45) is 6.20. The molecule has 3 rings (SSSR count). The summed E-state index contributed by atoms with van der Waals surface area (Å²) in [5.74, 6) is 0. The number of hydrogen-bond acceptors (Lipinski definition) is 5. The van der Waals surface area contributed by atoms with Crippen LogP contribution in [0.2, 0.25) is 0 Å². The lowest BCUT2D eigenvalue weighted by Crippen LogP contribution is -2.29. The third kappa shape index (κ3) is 5.56. The first-order valence-electron chi connectivity index (χ1n) is 8.96. The monoisotopic (exact) mass is 384 g/mol. The van der Waals surface area contributed by atoms with Crippen LogP contribution in [0.4, 0.5) is 0 Å². The van der Waals surface area contributed by atoms with Gasteiger partial charge in [0.05, 0.1) is 15.9 Å². The smallest absolute Gasteiger partial charge is 0.238 e. The van der Waals surface area contributed by atoms with E-state index in [0.717, 1.165) is 42.4 Å². The molecule has 0 aliphatic heterocycles. The normalized spacial score (nSPS) is 13.0. The van der Waals surface area contributed by atoms with E-state index >= 15 is 0 Å². The molecule has 1 aromatic heterocycles. The fraction of sp³-hybridized carbons (Fsp3) is 0.300. The van der Waals surface area contributed by atoms with Crippen molar-refractivity contribution in [3.8, 4) is 0 Å². The molecule has 0 saturated heterocycles. The van der Waals surface area contributed by atoms with Crippen LogP contribution in [-0.4, -0.2) is 31.0 Å². The topological polar surface area (TPSA) is 98.0 Å². The van der Waals surface area contributed by atoms with Gasteiger partial charge in [0.2, 0.25) is 10.0 Å². The molecule has 27 heavy (non-hydrogen) atoms. The molecule has 3 N–H and O–H groups in total. The van der Waals surface area contributed by atoms with E-state index in [2.05, 4.69) is 34.3 Å². The Bertz CT molecular complexity index is 1000. The highest BCUT2D eigenvalue weighted by Gasteiger charge is 2.07. The van der Waals surface area contributed by atoms with E-state index < -0.39 is 10.0 Å². The van der Waals surface area contributed by atoms with Gasteiger partial charge < -0.3 is 5.32 Å². The number of primary sulfonamides is 1. The summed E-state index contributed by atoms with van der Waals surface area (Å²) in [4.78, 5) is 8.79. The standard InChI is InChI=1S/C20H24N4O2S/c1-15(13-17-6-9-19-20(14-17)24-12-11-23-19)22-10-2-3-16-4-7-18(8-5-16)27(21,25)26/h4-9,11-12,14-15,22H,2-3,10,13H2,1H3,(H2,21,25,26). The van der Waals surface area contributed by atoms with Crippen LogP contribution in [0.25, 0.3) is 11.0 Å². The van der Waals surface area contributed by atoms with Crippen LogP contribution >= 0.6 is 0 Å². The summed E-state index contributed by atoms with van der Waals surface area (Å²) in [6, 6.07) is 13.3. The molecule has 0 aliphatic carbocycles. The maximum absolute atomic E-state index is 11.3. The predicted octanol–water partition coefficient (Wildman–Crippen LogP) is 2.43. The Morgan fingerprint density at radius 3 is 2.37 bits per heavy atom. The van der Waals surface area contributed by atoms with Gasteiger partial charge in [-0.2, -0.15) is 0 Å². The molecule has 2 aromatic carbocycles. The van der Waals surface area contributed by atoms with Crippen molar-refractivity contribution in [2.75, 3.05) is 6.54 Å². The van der Waals surface area contributed by atoms with Gasteiger partial charge in [0.15, 0.2) is 0 Å². The van der Waals surface area contributed by atoms with E-state index in [1.807, 2.05) is 18.2 Å². The highest BCUT2D eigenvalue weighted by molar-refractivity contribution is 7.89. The van der Waals surface area contributed by atoms with E-state index in [1.54, 1.807) is 24.5 Å². The summed E-state index contributed by atoms with van der Waals surface area (Å²) < 4.78 is 22.5. The molecule has 142 valence electrons. The van der Waals surface area contributed by atoms with E-state index in [-0.39, 0.29) is 4.90 Å². The van der Waals surface area contributed by atoms with Gasteiger partial charge in [0, 0.05) is 18.4 Å². The molecule has 0 bridgehead atoms. The minimum Gasteiger partial charge on any atom is -0.314 e. The van der Waals surface area contributed by atoms with Crippen molar-refractivity contribution in [3.63, 3.8) is 0 Å². The maximum Gasteiger partial charge on any atom is 0.238 e. The molecular weight excluding hydrogens is 360 g/mol. The summed E-state index contributed by atoms with van der Waals surface area (Å²) >= 11 is 0. The Balaban J connectivity index is 1.44. The van der Waals surface area contributed by atoms with E-state index in [4.69, 9.17) is 5.14 Å². The van der Waals surface area contributed by atoms with Gasteiger partial charge in [-0.1, -0.05) is 18.2 Å². The van der Waals surface area contributed by atoms with E-state index in [0.29, 0.717) is 6.04 Å². The first kappa shape index (κ1) is 19.4. The van der Waals surface area contributed by atoms with Crippen LogP contribution in [0.3, 0.4) is 0 Å². The zero-order chi connectivity index (χ0) is 19.3. The molecule has 1 heterocycles. The highest BCUT2D eigenvalue weighted by Crippen LogP contribution is 2.13. The van der Waals surface area contributed by atoms with Gasteiger partial charge in [0.1, 0.15) is 0 Å². The molecule has 0 radical (unpaired) electrons. The predicted molar refractivity (Wildman–Crippen MR) is 107 cm³/mol. The Hall–Kier alpha value is -2.35. The first-order valence-corrected chi connectivity index (χ1v) is 10.5. The summed E-state index contributed by atoms with van der Waals surface area (Å²) in [5, 5.41) is 8.64. The Morgan fingerprint density at radius 2 is 1.67 bits per heavy atom. The summed E-state index contributed by atoms with van der Waals surface area (Å²) in [7, 11) is -3.62. The fourth-order valence-corrected chi connectivity index (χ4v) is 3.56. The second-order valence-electron chi connectivity index (χ2n) is 6.73. The van der Waals surface area contributed by atoms with Crippen molar-refractivity contribution >= 4 is 21.1 Å². The van der Waals surface area contributed by atoms with Crippen molar-refractivity contribution in [2.24, 2.45) is 5.14 Å². The number of nitrogens with two attached hydrogens (primary N) is 1. The van der Waals surface area contributed by atoms with Gasteiger partial charge >= 0.3 is 0 Å². The second kappa shape index (κ2) is 8.56. The third-order valence-electron chi connectivity index (χ3n) is 4.46. The van der Waals surface area contributed by atoms with Crippen molar-refractivity contribution < 1.29 is 8.42 Å². The third-order valence-corrected chi connectivity index (χ3v) is 5.39. The molecule has 7 heteroatoms. The molecule has 0 amide bonds. The number of aromatic nitrogens is 2. The van der Waals surface area contributed by atoms with Crippen LogP contribution in [-0.2, 0) is 22.9 Å². The van der Waals surface area contributed by atoms with Crippen LogP contribution in [0.5, 0.6) is 0 Å². The summed E-state index contributed by atoms with van der Waals surface area (Å²) in [6.45, 7) is 3.06. The van der Waals surface area contributed by atoms with Gasteiger partial charge in [-0.25, -0.2) is 13.6 Å². The highest BCUT2D eigenvalue weighted by atomic mass is 32.2. The molecule has 0 spiro atoms. The second-order valence-corrected chi connectivity index (χ2v) is 8.29. The average Bonchev–Trinajstić information content (AvgIpc) is 2.65. The minimum absolute atomic E-state index is 0.151. The van der Waals surface area contributed by atoms with Crippen molar-refractivity contribution in [1.29, 1.82) is 0 Å². The Labute approximate surface area is 159 Å². The number of fused-ring (bicyclic) bond motifs is 1. The zero-order valence-corrected chi connectivity index (χ0v) is 16.1. The lowest BCUT2D eigenvalue weighted by Gasteiger charge is -2.14. The van der Waals surface area contributed by atoms with Crippen LogP contribution in [0, 0.1) is 0 Å². The molecule has 0 saturated carbocycles. The van der Waals surface area contributed by atoms with Crippen LogP contribution < -0.4 is 10.5 Å². The first-order chi connectivity index (χ1) is 12.9. The van der Waals surface area contributed by atoms with Crippen LogP contribution in [0.15, 0.2) is 59.8 Å². The largest absolute Gasteiger partial charge is 0.314 e. The molecule has 6 nitrogen and oxygen atoms in total. The molecule has 3 aromatic rings. The molecule has 1 unspecified atom stereocenters. The Kier molecular flexibility index (Phi) is 6.15. The lowest BCUT2D eigenvalue weighted by molar-refractivity contribution is 0.534. The van der Waals surface area contributed by atoms with Gasteiger partial charge in [-0.3, -0.25) is 9.97 Å². The number of sulfonamides is 1. The summed E-state index contributed by atoms with van der Waals surface area (Å²) in [5.41, 5.74) is 4.17. The van der Waals surface area contributed by atoms with Crippen molar-refractivity contribution in [1.82, 2.24) is 15.3 Å². The maximum atomic E-state index is 11.3. The quantitative estimate of drug-likeness (QED) is 0.581. The molecule has 0 fully saturated rings. The van der Waals surface area contributed by atoms with E-state index in [9.17, 15) is 8.42 Å². The number of rotatable bonds is 8. The van der Waals surface area contributed by atoms with Crippen molar-refractivity contribution in [2.45, 2.75) is 37.1 Å². The molecular formula is C20H24N4O2S. The minimum atomic E-state index is -3.62. The fourth-order valence-electron chi connectivity index (χ4n) is 3.05. The number of nitrogens with one attached hydrogen (secondary N) is 1. The van der Waals surface area contributed by atoms with Gasteiger partial charge in [-0.05, 0) is 68.1 Å². The Morgan fingerprint density at radius 1 is 1.00 bits per heavy atom. The van der Waals surface area contributed by atoms with E-state index in [1.165, 1.54) is 5.56 Å². The number of nitrogens with zero attached hydrogens (tertiary/aromatic N) is 2. The van der Waals surface area contributed by atoms with Gasteiger partial charge in [0.25, 0.3) is 0 Å². The molecule has 0 aliphatic rings. The average molecular weight is 385 g/mol. The zero-order valence-electron chi connectivity index (χ0n) is 15.3. The number of aryl methyl sites for hydroxylation is 1. The number of benzene rings is 2. The van der Waals surface area contributed by atoms with Crippen LogP contribution in [0.1, 0.15) is 24.5 Å². The van der Waals surface area contributed by atoms with Crippen molar-refractivity contribution in [3.05, 3.63) is 66.0 Å². The molecule has 1 atom stereocenters. The van der Waals surface area contributed by atoms with Gasteiger partial charge in [-0.15, -0.1) is 0 Å². The lowest BCUT2D eigenvalue weighted by atomic mass is 10.1.